The molecule has 2 saturated heterocycles. The van der Waals surface area contributed by atoms with E-state index in [9.17, 15) is 18.0 Å². The van der Waals surface area contributed by atoms with Crippen LogP contribution in [0.2, 0.25) is 0 Å². The number of nitrogens with one attached hydrogen (secondary N) is 1. The molecule has 1 aromatic carbocycles. The molecule has 2 fully saturated rings. The highest BCUT2D eigenvalue weighted by Gasteiger charge is 2.51. The third kappa shape index (κ3) is 3.53. The zero-order chi connectivity index (χ0) is 21.4. The Balaban J connectivity index is 1.43. The van der Waals surface area contributed by atoms with Gasteiger partial charge in [-0.25, -0.2) is 18.1 Å². The van der Waals surface area contributed by atoms with Crippen molar-refractivity contribution in [1.29, 1.82) is 0 Å². The van der Waals surface area contributed by atoms with Crippen molar-refractivity contribution in [3.8, 4) is 0 Å². The average molecular weight is 449 g/mol. The Kier molecular flexibility index (Phi) is 5.67. The molecule has 3 heterocycles. The Morgan fingerprint density at radius 2 is 1.73 bits per heavy atom. The number of hydrogen-bond donors (Lipinski definition) is 1. The summed E-state index contributed by atoms with van der Waals surface area (Å²) in [5.41, 5.74) is -0.289. The summed E-state index contributed by atoms with van der Waals surface area (Å²) in [6, 6.07) is 12.2. The van der Waals surface area contributed by atoms with Crippen molar-refractivity contribution in [3.63, 3.8) is 0 Å². The molecule has 160 valence electrons. The normalized spacial score (nSPS) is 23.7. The molecule has 0 radical (unpaired) electrons. The van der Waals surface area contributed by atoms with Gasteiger partial charge in [-0.05, 0) is 23.4 Å². The molecule has 0 aliphatic carbocycles. The van der Waals surface area contributed by atoms with Crippen LogP contribution in [0.25, 0.3) is 0 Å². The molecule has 2 aromatic rings. The number of imide groups is 1. The van der Waals surface area contributed by atoms with Crippen LogP contribution in [-0.2, 0) is 20.4 Å². The van der Waals surface area contributed by atoms with Gasteiger partial charge in [0.25, 0.3) is 15.9 Å². The van der Waals surface area contributed by atoms with Gasteiger partial charge in [-0.15, -0.1) is 11.3 Å². The second kappa shape index (κ2) is 8.10. The fourth-order valence-electron chi connectivity index (χ4n) is 3.97. The monoisotopic (exact) mass is 448 g/mol. The number of carbonyl (C=O) groups is 2. The van der Waals surface area contributed by atoms with Crippen molar-refractivity contribution in [2.24, 2.45) is 0 Å². The fourth-order valence-corrected chi connectivity index (χ4v) is 6.53. The van der Waals surface area contributed by atoms with Crippen molar-refractivity contribution in [2.75, 3.05) is 32.8 Å². The summed E-state index contributed by atoms with van der Waals surface area (Å²) in [4.78, 5) is 29.1. The molecule has 0 bridgehead atoms. The van der Waals surface area contributed by atoms with E-state index in [4.69, 9.17) is 0 Å². The van der Waals surface area contributed by atoms with Gasteiger partial charge in [-0.1, -0.05) is 43.3 Å². The Bertz CT molecular complexity index is 1020. The van der Waals surface area contributed by atoms with Crippen molar-refractivity contribution < 1.29 is 18.0 Å². The molecule has 0 spiro atoms. The number of piperazine rings is 1. The first-order valence-electron chi connectivity index (χ1n) is 9.84. The maximum atomic E-state index is 13.2. The van der Waals surface area contributed by atoms with Crippen LogP contribution in [-0.4, -0.2) is 67.3 Å². The molecule has 8 nitrogen and oxygen atoms in total. The highest BCUT2D eigenvalue weighted by Crippen LogP contribution is 2.32. The van der Waals surface area contributed by atoms with E-state index in [0.717, 1.165) is 5.56 Å². The molecular weight excluding hydrogens is 424 g/mol. The molecule has 3 amide bonds. The van der Waals surface area contributed by atoms with E-state index in [1.54, 1.807) is 17.5 Å². The highest BCUT2D eigenvalue weighted by atomic mass is 32.2. The van der Waals surface area contributed by atoms with Crippen LogP contribution < -0.4 is 5.32 Å². The van der Waals surface area contributed by atoms with Crippen LogP contribution in [0.3, 0.4) is 0 Å². The van der Waals surface area contributed by atoms with E-state index in [1.165, 1.54) is 20.5 Å². The number of thiophene rings is 1. The number of rotatable bonds is 6. The smallest absolute Gasteiger partial charge is 0.319 e. The number of benzene rings is 1. The Morgan fingerprint density at radius 3 is 2.33 bits per heavy atom. The lowest BCUT2D eigenvalue weighted by Crippen LogP contribution is -2.52. The van der Waals surface area contributed by atoms with Crippen molar-refractivity contribution in [3.05, 3.63) is 53.4 Å². The summed E-state index contributed by atoms with van der Waals surface area (Å²) in [6.45, 7) is 3.57. The summed E-state index contributed by atoms with van der Waals surface area (Å²) in [5.74, 6) is -0.269. The first kappa shape index (κ1) is 21.0. The second-order valence-electron chi connectivity index (χ2n) is 7.38. The predicted molar refractivity (Wildman–Crippen MR) is 113 cm³/mol. The Labute approximate surface area is 180 Å². The standard InChI is InChI=1S/C20H24N4O4S2/c1-2-20(16-7-4-3-5-8-16)18(25)24(19(26)21-20)15-22-10-12-23(13-11-22)30(27,28)17-9-6-14-29-17/h3-9,14H,2,10-13,15H2,1H3,(H,21,26)/t20-/m0/s1. The summed E-state index contributed by atoms with van der Waals surface area (Å²) in [7, 11) is -3.48. The number of amides is 3. The van der Waals surface area contributed by atoms with Gasteiger partial charge >= 0.3 is 6.03 Å². The van der Waals surface area contributed by atoms with E-state index in [-0.39, 0.29) is 12.6 Å². The molecule has 2 aliphatic rings. The molecule has 30 heavy (non-hydrogen) atoms. The van der Waals surface area contributed by atoms with Gasteiger partial charge in [0.15, 0.2) is 0 Å². The van der Waals surface area contributed by atoms with Crippen molar-refractivity contribution in [1.82, 2.24) is 19.4 Å². The first-order valence-corrected chi connectivity index (χ1v) is 12.2. The molecule has 2 aliphatic heterocycles. The Morgan fingerprint density at radius 1 is 1.03 bits per heavy atom. The number of hydrogen-bond acceptors (Lipinski definition) is 6. The van der Waals surface area contributed by atoms with Gasteiger partial charge in [0.1, 0.15) is 9.75 Å². The van der Waals surface area contributed by atoms with Gasteiger partial charge in [0.05, 0.1) is 6.67 Å². The largest absolute Gasteiger partial charge is 0.326 e. The summed E-state index contributed by atoms with van der Waals surface area (Å²) in [5, 5.41) is 4.62. The predicted octanol–water partition coefficient (Wildman–Crippen LogP) is 1.87. The zero-order valence-electron chi connectivity index (χ0n) is 16.7. The number of urea groups is 1. The van der Waals surface area contributed by atoms with E-state index < -0.39 is 21.6 Å². The molecular formula is C20H24N4O4S2. The minimum Gasteiger partial charge on any atom is -0.319 e. The van der Waals surface area contributed by atoms with Gasteiger partial charge < -0.3 is 5.32 Å². The average Bonchev–Trinajstić information content (AvgIpc) is 3.39. The number of nitrogens with zero attached hydrogens (tertiary/aromatic N) is 3. The van der Waals surface area contributed by atoms with E-state index in [0.29, 0.717) is 36.8 Å². The molecule has 4 rings (SSSR count). The van der Waals surface area contributed by atoms with Crippen LogP contribution in [0.15, 0.2) is 52.1 Å². The molecule has 1 atom stereocenters. The highest BCUT2D eigenvalue weighted by molar-refractivity contribution is 7.91. The fraction of sp³-hybridized carbons (Fsp3) is 0.400. The van der Waals surface area contributed by atoms with Gasteiger partial charge in [-0.3, -0.25) is 9.69 Å². The quantitative estimate of drug-likeness (QED) is 0.682. The van der Waals surface area contributed by atoms with E-state index in [2.05, 4.69) is 5.32 Å². The van der Waals surface area contributed by atoms with Crippen LogP contribution in [0.5, 0.6) is 0 Å². The topological polar surface area (TPSA) is 90.0 Å². The lowest BCUT2D eigenvalue weighted by Gasteiger charge is -2.35. The zero-order valence-corrected chi connectivity index (χ0v) is 18.3. The van der Waals surface area contributed by atoms with Crippen molar-refractivity contribution >= 4 is 33.3 Å². The molecule has 1 N–H and O–H groups in total. The van der Waals surface area contributed by atoms with Gasteiger partial charge in [0.2, 0.25) is 0 Å². The van der Waals surface area contributed by atoms with Crippen LogP contribution in [0.4, 0.5) is 4.79 Å². The number of sulfonamides is 1. The summed E-state index contributed by atoms with van der Waals surface area (Å²) in [6.07, 6.45) is 0.449. The third-order valence-corrected chi connectivity index (χ3v) is 9.01. The maximum Gasteiger partial charge on any atom is 0.326 e. The van der Waals surface area contributed by atoms with E-state index >= 15 is 0 Å². The second-order valence-corrected chi connectivity index (χ2v) is 10.5. The molecule has 10 heteroatoms. The van der Waals surface area contributed by atoms with Gasteiger partial charge in [0, 0.05) is 26.2 Å². The van der Waals surface area contributed by atoms with Gasteiger partial charge in [-0.2, -0.15) is 4.31 Å². The minimum atomic E-state index is -3.48. The van der Waals surface area contributed by atoms with E-state index in [1.807, 2.05) is 42.2 Å². The number of carbonyl (C=O) groups excluding carboxylic acids is 2. The summed E-state index contributed by atoms with van der Waals surface area (Å²) < 4.78 is 27.1. The lowest BCUT2D eigenvalue weighted by molar-refractivity contribution is -0.133. The molecule has 0 saturated carbocycles. The van der Waals surface area contributed by atoms with Crippen molar-refractivity contribution in [2.45, 2.75) is 23.1 Å². The SMILES string of the molecule is CC[C@@]1(c2ccccc2)NC(=O)N(CN2CCN(S(=O)(=O)c3cccs3)CC2)C1=O. The van der Waals surface area contributed by atoms with Crippen LogP contribution >= 0.6 is 11.3 Å². The summed E-state index contributed by atoms with van der Waals surface area (Å²) >= 11 is 1.20. The minimum absolute atomic E-state index is 0.145. The maximum absolute atomic E-state index is 13.2. The lowest BCUT2D eigenvalue weighted by atomic mass is 9.87. The molecule has 1 aromatic heterocycles. The third-order valence-electron chi connectivity index (χ3n) is 5.73. The molecule has 0 unspecified atom stereocenters. The Hall–Kier alpha value is -2.27. The van der Waals surface area contributed by atoms with Crippen LogP contribution in [0.1, 0.15) is 18.9 Å². The first-order chi connectivity index (χ1) is 14.4. The van der Waals surface area contributed by atoms with Crippen LogP contribution in [0, 0.1) is 0 Å².